The number of methoxy groups -OCH3 is 1. The van der Waals surface area contributed by atoms with E-state index in [4.69, 9.17) is 4.74 Å². The van der Waals surface area contributed by atoms with Gasteiger partial charge in [0.2, 0.25) is 0 Å². The fraction of sp³-hybridized carbons (Fsp3) is 0.571. The number of benzene rings is 1. The number of anilines is 1. The molecule has 0 saturated heterocycles. The molecule has 3 nitrogen and oxygen atoms in total. The number of nitrogens with one attached hydrogen (secondary N) is 1. The lowest BCUT2D eigenvalue weighted by molar-refractivity contribution is 0.205. The van der Waals surface area contributed by atoms with Crippen molar-refractivity contribution in [2.75, 3.05) is 38.8 Å². The van der Waals surface area contributed by atoms with Crippen LogP contribution in [-0.2, 0) is 4.74 Å². The second-order valence-electron chi connectivity index (χ2n) is 4.29. The predicted molar refractivity (Wildman–Crippen MR) is 73.6 cm³/mol. The van der Waals surface area contributed by atoms with E-state index in [0.29, 0.717) is 6.61 Å². The standard InChI is InChI=1S/C14H23FN2O/c1-5-17(8-9-18-4)14-7-6-12(15)10-13(14)11(2)16-3/h6-7,10-11,16H,5,8-9H2,1-4H3. The van der Waals surface area contributed by atoms with E-state index in [1.807, 2.05) is 20.0 Å². The molecule has 1 atom stereocenters. The Hall–Kier alpha value is -1.13. The molecule has 1 aromatic rings. The van der Waals surface area contributed by atoms with Crippen LogP contribution in [-0.4, -0.2) is 33.9 Å². The maximum atomic E-state index is 13.4. The van der Waals surface area contributed by atoms with E-state index in [9.17, 15) is 4.39 Å². The molecule has 0 aliphatic rings. The zero-order valence-electron chi connectivity index (χ0n) is 11.7. The maximum Gasteiger partial charge on any atom is 0.123 e. The molecule has 0 aromatic heterocycles. The van der Waals surface area contributed by atoms with Gasteiger partial charge in [-0.05, 0) is 44.7 Å². The van der Waals surface area contributed by atoms with Gasteiger partial charge < -0.3 is 15.0 Å². The number of halogens is 1. The monoisotopic (exact) mass is 254 g/mol. The number of nitrogens with zero attached hydrogens (tertiary/aromatic N) is 1. The van der Waals surface area contributed by atoms with E-state index >= 15 is 0 Å². The maximum absolute atomic E-state index is 13.4. The van der Waals surface area contributed by atoms with E-state index < -0.39 is 0 Å². The minimum Gasteiger partial charge on any atom is -0.383 e. The van der Waals surface area contributed by atoms with Gasteiger partial charge in [0.05, 0.1) is 6.61 Å². The summed E-state index contributed by atoms with van der Waals surface area (Å²) in [6, 6.07) is 5.08. The summed E-state index contributed by atoms with van der Waals surface area (Å²) in [5.74, 6) is -0.196. The molecule has 0 heterocycles. The Balaban J connectivity index is 3.04. The average Bonchev–Trinajstić information content (AvgIpc) is 2.39. The van der Waals surface area contributed by atoms with E-state index in [1.165, 1.54) is 6.07 Å². The van der Waals surface area contributed by atoms with Gasteiger partial charge >= 0.3 is 0 Å². The molecule has 1 aromatic carbocycles. The van der Waals surface area contributed by atoms with Gasteiger partial charge in [0.25, 0.3) is 0 Å². The third-order valence-electron chi connectivity index (χ3n) is 3.18. The fourth-order valence-electron chi connectivity index (χ4n) is 1.97. The molecule has 0 radical (unpaired) electrons. The second kappa shape index (κ2) is 7.34. The molecular formula is C14H23FN2O. The Bertz CT molecular complexity index is 371. The van der Waals surface area contributed by atoms with Crippen LogP contribution >= 0.6 is 0 Å². The lowest BCUT2D eigenvalue weighted by Gasteiger charge is -2.27. The molecule has 4 heteroatoms. The molecule has 1 unspecified atom stereocenters. The quantitative estimate of drug-likeness (QED) is 0.809. The van der Waals surface area contributed by atoms with Gasteiger partial charge in [-0.2, -0.15) is 0 Å². The van der Waals surface area contributed by atoms with Crippen molar-refractivity contribution in [2.45, 2.75) is 19.9 Å². The summed E-state index contributed by atoms with van der Waals surface area (Å²) in [5.41, 5.74) is 2.05. The highest BCUT2D eigenvalue weighted by Crippen LogP contribution is 2.27. The lowest BCUT2D eigenvalue weighted by atomic mass is 10.0. The SMILES string of the molecule is CCN(CCOC)c1ccc(F)cc1C(C)NC. The number of likely N-dealkylation sites (N-methyl/N-ethyl adjacent to an activating group) is 1. The molecular weight excluding hydrogens is 231 g/mol. The van der Waals surface area contributed by atoms with Crippen molar-refractivity contribution < 1.29 is 9.13 Å². The molecule has 0 aliphatic carbocycles. The van der Waals surface area contributed by atoms with Crippen LogP contribution in [0.5, 0.6) is 0 Å². The number of hydrogen-bond acceptors (Lipinski definition) is 3. The smallest absolute Gasteiger partial charge is 0.123 e. The highest BCUT2D eigenvalue weighted by molar-refractivity contribution is 5.55. The minimum atomic E-state index is -0.196. The number of hydrogen-bond donors (Lipinski definition) is 1. The van der Waals surface area contributed by atoms with Gasteiger partial charge in [0, 0.05) is 31.9 Å². The number of rotatable bonds is 7. The van der Waals surface area contributed by atoms with Crippen molar-refractivity contribution in [1.82, 2.24) is 5.32 Å². The van der Waals surface area contributed by atoms with Gasteiger partial charge in [-0.25, -0.2) is 4.39 Å². The summed E-state index contributed by atoms with van der Waals surface area (Å²) in [4.78, 5) is 2.20. The van der Waals surface area contributed by atoms with Crippen LogP contribution in [0, 0.1) is 5.82 Å². The largest absolute Gasteiger partial charge is 0.383 e. The Morgan fingerprint density at radius 2 is 2.17 bits per heavy atom. The van der Waals surface area contributed by atoms with Crippen LogP contribution in [0.15, 0.2) is 18.2 Å². The van der Waals surface area contributed by atoms with Crippen LogP contribution < -0.4 is 10.2 Å². The zero-order valence-corrected chi connectivity index (χ0v) is 11.7. The van der Waals surface area contributed by atoms with E-state index in [0.717, 1.165) is 24.3 Å². The van der Waals surface area contributed by atoms with Gasteiger partial charge in [-0.15, -0.1) is 0 Å². The highest BCUT2D eigenvalue weighted by atomic mass is 19.1. The summed E-state index contributed by atoms with van der Waals surface area (Å²) >= 11 is 0. The molecule has 0 aliphatic heterocycles. The minimum absolute atomic E-state index is 0.118. The molecule has 0 spiro atoms. The molecule has 0 amide bonds. The van der Waals surface area contributed by atoms with Gasteiger partial charge in [0.15, 0.2) is 0 Å². The number of ether oxygens (including phenoxy) is 1. The van der Waals surface area contributed by atoms with Crippen molar-refractivity contribution in [3.8, 4) is 0 Å². The van der Waals surface area contributed by atoms with Gasteiger partial charge in [0.1, 0.15) is 5.82 Å². The third kappa shape index (κ3) is 3.68. The van der Waals surface area contributed by atoms with Crippen LogP contribution in [0.4, 0.5) is 10.1 Å². The highest BCUT2D eigenvalue weighted by Gasteiger charge is 2.14. The molecule has 0 saturated carbocycles. The molecule has 0 bridgehead atoms. The van der Waals surface area contributed by atoms with E-state index in [1.54, 1.807) is 13.2 Å². The first-order valence-electron chi connectivity index (χ1n) is 6.34. The first-order valence-corrected chi connectivity index (χ1v) is 6.34. The molecule has 18 heavy (non-hydrogen) atoms. The summed E-state index contributed by atoms with van der Waals surface area (Å²) in [6.07, 6.45) is 0. The normalized spacial score (nSPS) is 12.5. The molecule has 0 fully saturated rings. The van der Waals surface area contributed by atoms with Crippen molar-refractivity contribution >= 4 is 5.69 Å². The second-order valence-corrected chi connectivity index (χ2v) is 4.29. The topological polar surface area (TPSA) is 24.5 Å². The predicted octanol–water partition coefficient (Wildman–Crippen LogP) is 2.58. The van der Waals surface area contributed by atoms with Crippen molar-refractivity contribution in [1.29, 1.82) is 0 Å². The van der Waals surface area contributed by atoms with E-state index in [2.05, 4.69) is 17.1 Å². The summed E-state index contributed by atoms with van der Waals surface area (Å²) in [5, 5.41) is 3.16. The Morgan fingerprint density at radius 1 is 1.44 bits per heavy atom. The Kier molecular flexibility index (Phi) is 6.09. The first-order chi connectivity index (χ1) is 8.63. The van der Waals surface area contributed by atoms with Gasteiger partial charge in [-0.1, -0.05) is 0 Å². The van der Waals surface area contributed by atoms with Gasteiger partial charge in [-0.3, -0.25) is 0 Å². The summed E-state index contributed by atoms with van der Waals surface area (Å²) in [6.45, 7) is 6.47. The Morgan fingerprint density at radius 3 is 2.72 bits per heavy atom. The zero-order chi connectivity index (χ0) is 13.5. The molecule has 1 rings (SSSR count). The van der Waals surface area contributed by atoms with Crippen LogP contribution in [0.2, 0.25) is 0 Å². The van der Waals surface area contributed by atoms with E-state index in [-0.39, 0.29) is 11.9 Å². The third-order valence-corrected chi connectivity index (χ3v) is 3.18. The fourth-order valence-corrected chi connectivity index (χ4v) is 1.97. The lowest BCUT2D eigenvalue weighted by Crippen LogP contribution is -2.29. The van der Waals surface area contributed by atoms with Crippen LogP contribution in [0.3, 0.4) is 0 Å². The molecule has 102 valence electrons. The molecule has 1 N–H and O–H groups in total. The van der Waals surface area contributed by atoms with Crippen molar-refractivity contribution in [3.05, 3.63) is 29.6 Å². The summed E-state index contributed by atoms with van der Waals surface area (Å²) < 4.78 is 18.5. The van der Waals surface area contributed by atoms with Crippen molar-refractivity contribution in [2.24, 2.45) is 0 Å². The first kappa shape index (κ1) is 14.9. The van der Waals surface area contributed by atoms with Crippen LogP contribution in [0.1, 0.15) is 25.5 Å². The van der Waals surface area contributed by atoms with Crippen LogP contribution in [0.25, 0.3) is 0 Å². The Labute approximate surface area is 109 Å². The average molecular weight is 254 g/mol. The van der Waals surface area contributed by atoms with Crippen molar-refractivity contribution in [3.63, 3.8) is 0 Å². The summed E-state index contributed by atoms with van der Waals surface area (Å²) in [7, 11) is 3.57.